The highest BCUT2D eigenvalue weighted by Crippen LogP contribution is 2.16. The molecule has 16 heavy (non-hydrogen) atoms. The molecule has 1 atom stereocenters. The summed E-state index contributed by atoms with van der Waals surface area (Å²) in [6, 6.07) is 0.475. The predicted molar refractivity (Wildman–Crippen MR) is 62.5 cm³/mol. The Morgan fingerprint density at radius 3 is 2.94 bits per heavy atom. The molecule has 0 aromatic carbocycles. The van der Waals surface area contributed by atoms with Crippen molar-refractivity contribution in [2.45, 2.75) is 39.2 Å². The van der Waals surface area contributed by atoms with Gasteiger partial charge in [0.1, 0.15) is 0 Å². The SMILES string of the molecule is CC(C)C[C@@H]1COCCN1CCCC(=O)O. The second-order valence-corrected chi connectivity index (χ2v) is 4.89. The Hall–Kier alpha value is -0.610. The Labute approximate surface area is 97.6 Å². The minimum absolute atomic E-state index is 0.270. The first-order valence-electron chi connectivity index (χ1n) is 6.13. The number of aliphatic carboxylic acids is 1. The Balaban J connectivity index is 2.31. The molecule has 1 fully saturated rings. The van der Waals surface area contributed by atoms with Crippen molar-refractivity contribution in [2.24, 2.45) is 5.92 Å². The molecule has 0 aromatic heterocycles. The van der Waals surface area contributed by atoms with Crippen molar-refractivity contribution in [3.63, 3.8) is 0 Å². The molecule has 0 aliphatic carbocycles. The van der Waals surface area contributed by atoms with Gasteiger partial charge in [-0.05, 0) is 25.3 Å². The second kappa shape index (κ2) is 6.86. The fourth-order valence-electron chi connectivity index (χ4n) is 2.18. The standard InChI is InChI=1S/C12H23NO3/c1-10(2)8-11-9-16-7-6-13(11)5-3-4-12(14)15/h10-11H,3-9H2,1-2H3,(H,14,15)/t11-/m1/s1. The number of hydrogen-bond donors (Lipinski definition) is 1. The Morgan fingerprint density at radius 2 is 2.31 bits per heavy atom. The van der Waals surface area contributed by atoms with E-state index in [0.717, 1.165) is 39.1 Å². The average Bonchev–Trinajstić information content (AvgIpc) is 2.19. The van der Waals surface area contributed by atoms with Crippen LogP contribution in [0.3, 0.4) is 0 Å². The highest BCUT2D eigenvalue weighted by Gasteiger charge is 2.23. The third-order valence-corrected chi connectivity index (χ3v) is 2.93. The summed E-state index contributed by atoms with van der Waals surface area (Å²) in [5.74, 6) is -0.0395. The van der Waals surface area contributed by atoms with Crippen LogP contribution in [0.5, 0.6) is 0 Å². The van der Waals surface area contributed by atoms with Gasteiger partial charge in [-0.15, -0.1) is 0 Å². The second-order valence-electron chi connectivity index (χ2n) is 4.89. The van der Waals surface area contributed by atoms with Gasteiger partial charge in [0.25, 0.3) is 0 Å². The van der Waals surface area contributed by atoms with E-state index in [1.165, 1.54) is 0 Å². The van der Waals surface area contributed by atoms with E-state index < -0.39 is 5.97 Å². The lowest BCUT2D eigenvalue weighted by Gasteiger charge is -2.36. The molecular weight excluding hydrogens is 206 g/mol. The molecule has 0 unspecified atom stereocenters. The van der Waals surface area contributed by atoms with Crippen LogP contribution in [0.25, 0.3) is 0 Å². The predicted octanol–water partition coefficient (Wildman–Crippen LogP) is 1.60. The van der Waals surface area contributed by atoms with Gasteiger partial charge >= 0.3 is 5.97 Å². The zero-order valence-electron chi connectivity index (χ0n) is 10.3. The first kappa shape index (κ1) is 13.5. The molecule has 94 valence electrons. The van der Waals surface area contributed by atoms with E-state index in [2.05, 4.69) is 18.7 Å². The summed E-state index contributed by atoms with van der Waals surface area (Å²) in [5.41, 5.74) is 0. The van der Waals surface area contributed by atoms with E-state index in [9.17, 15) is 4.79 Å². The normalized spacial score (nSPS) is 22.6. The highest BCUT2D eigenvalue weighted by molar-refractivity contribution is 5.66. The van der Waals surface area contributed by atoms with Crippen molar-refractivity contribution < 1.29 is 14.6 Å². The number of carboxylic acids is 1. The Bertz CT molecular complexity index is 218. The van der Waals surface area contributed by atoms with Crippen LogP contribution in [0, 0.1) is 5.92 Å². The molecule has 0 bridgehead atoms. The van der Waals surface area contributed by atoms with Crippen molar-refractivity contribution in [3.05, 3.63) is 0 Å². The molecular formula is C12H23NO3. The van der Waals surface area contributed by atoms with Gasteiger partial charge in [-0.1, -0.05) is 13.8 Å². The van der Waals surface area contributed by atoms with Crippen molar-refractivity contribution in [1.29, 1.82) is 0 Å². The molecule has 1 rings (SSSR count). The zero-order chi connectivity index (χ0) is 12.0. The van der Waals surface area contributed by atoms with E-state index in [-0.39, 0.29) is 6.42 Å². The molecule has 0 amide bonds. The minimum Gasteiger partial charge on any atom is -0.481 e. The summed E-state index contributed by atoms with van der Waals surface area (Å²) >= 11 is 0. The Morgan fingerprint density at radius 1 is 1.56 bits per heavy atom. The van der Waals surface area contributed by atoms with Crippen LogP contribution in [0.1, 0.15) is 33.1 Å². The topological polar surface area (TPSA) is 49.8 Å². The summed E-state index contributed by atoms with van der Waals surface area (Å²) in [5, 5.41) is 8.61. The molecule has 1 heterocycles. The molecule has 1 N–H and O–H groups in total. The first-order chi connectivity index (χ1) is 7.59. The number of rotatable bonds is 6. The number of carboxylic acid groups (broad SMARTS) is 1. The lowest BCUT2D eigenvalue weighted by Crippen LogP contribution is -2.46. The van der Waals surface area contributed by atoms with Gasteiger partial charge < -0.3 is 9.84 Å². The van der Waals surface area contributed by atoms with Gasteiger partial charge in [0.2, 0.25) is 0 Å². The van der Waals surface area contributed by atoms with Gasteiger partial charge in [-0.2, -0.15) is 0 Å². The Kier molecular flexibility index (Phi) is 5.77. The zero-order valence-corrected chi connectivity index (χ0v) is 10.3. The van der Waals surface area contributed by atoms with Gasteiger partial charge in [0.05, 0.1) is 13.2 Å². The maximum Gasteiger partial charge on any atom is 0.303 e. The van der Waals surface area contributed by atoms with Crippen molar-refractivity contribution in [3.8, 4) is 0 Å². The minimum atomic E-state index is -0.700. The quantitative estimate of drug-likeness (QED) is 0.751. The van der Waals surface area contributed by atoms with Gasteiger partial charge in [-0.3, -0.25) is 9.69 Å². The number of morpholine rings is 1. The van der Waals surface area contributed by atoms with Crippen LogP contribution in [-0.4, -0.2) is 48.3 Å². The van der Waals surface area contributed by atoms with Crippen molar-refractivity contribution in [2.75, 3.05) is 26.3 Å². The highest BCUT2D eigenvalue weighted by atomic mass is 16.5. The number of ether oxygens (including phenoxy) is 1. The molecule has 0 radical (unpaired) electrons. The summed E-state index contributed by atoms with van der Waals surface area (Å²) < 4.78 is 5.48. The van der Waals surface area contributed by atoms with Crippen LogP contribution >= 0.6 is 0 Å². The molecule has 1 aliphatic rings. The molecule has 1 saturated heterocycles. The number of nitrogens with zero attached hydrogens (tertiary/aromatic N) is 1. The van der Waals surface area contributed by atoms with E-state index >= 15 is 0 Å². The summed E-state index contributed by atoms with van der Waals surface area (Å²) in [6.45, 7) is 7.82. The molecule has 4 nitrogen and oxygen atoms in total. The lowest BCUT2D eigenvalue weighted by atomic mass is 10.0. The number of carbonyl (C=O) groups is 1. The van der Waals surface area contributed by atoms with Crippen molar-refractivity contribution in [1.82, 2.24) is 4.90 Å². The van der Waals surface area contributed by atoms with E-state index in [0.29, 0.717) is 12.0 Å². The number of hydrogen-bond acceptors (Lipinski definition) is 3. The van der Waals surface area contributed by atoms with Gasteiger partial charge in [0, 0.05) is 19.0 Å². The fourth-order valence-corrected chi connectivity index (χ4v) is 2.18. The van der Waals surface area contributed by atoms with Crippen LogP contribution in [0.2, 0.25) is 0 Å². The molecule has 0 saturated carbocycles. The molecule has 1 aliphatic heterocycles. The molecule has 0 aromatic rings. The maximum atomic E-state index is 10.5. The first-order valence-corrected chi connectivity index (χ1v) is 6.13. The maximum absolute atomic E-state index is 10.5. The lowest BCUT2D eigenvalue weighted by molar-refractivity contribution is -0.137. The third kappa shape index (κ3) is 4.94. The van der Waals surface area contributed by atoms with Crippen LogP contribution in [0.15, 0.2) is 0 Å². The van der Waals surface area contributed by atoms with Crippen LogP contribution in [0.4, 0.5) is 0 Å². The van der Waals surface area contributed by atoms with Gasteiger partial charge in [-0.25, -0.2) is 0 Å². The summed E-state index contributed by atoms with van der Waals surface area (Å²) in [4.78, 5) is 12.8. The smallest absolute Gasteiger partial charge is 0.303 e. The van der Waals surface area contributed by atoms with E-state index in [4.69, 9.17) is 9.84 Å². The van der Waals surface area contributed by atoms with Crippen molar-refractivity contribution >= 4 is 5.97 Å². The van der Waals surface area contributed by atoms with Crippen LogP contribution < -0.4 is 0 Å². The van der Waals surface area contributed by atoms with E-state index in [1.807, 2.05) is 0 Å². The largest absolute Gasteiger partial charge is 0.481 e. The fraction of sp³-hybridized carbons (Fsp3) is 0.917. The molecule has 4 heteroatoms. The summed E-state index contributed by atoms with van der Waals surface area (Å²) in [6.07, 6.45) is 2.14. The summed E-state index contributed by atoms with van der Waals surface area (Å²) in [7, 11) is 0. The average molecular weight is 229 g/mol. The van der Waals surface area contributed by atoms with E-state index in [1.54, 1.807) is 0 Å². The van der Waals surface area contributed by atoms with Crippen LogP contribution in [-0.2, 0) is 9.53 Å². The third-order valence-electron chi connectivity index (χ3n) is 2.93. The molecule has 0 spiro atoms. The van der Waals surface area contributed by atoms with Gasteiger partial charge in [0.15, 0.2) is 0 Å². The monoisotopic (exact) mass is 229 g/mol.